The van der Waals surface area contributed by atoms with E-state index < -0.39 is 0 Å². The van der Waals surface area contributed by atoms with Crippen molar-refractivity contribution in [3.63, 3.8) is 0 Å². The maximum Gasteiger partial charge on any atom is 0.0976 e. The minimum absolute atomic E-state index is 0.684. The largest absolute Gasteiger partial charge is 0.356 e. The first-order chi connectivity index (χ1) is 6.41. The predicted molar refractivity (Wildman–Crippen MR) is 65.3 cm³/mol. The summed E-state index contributed by atoms with van der Waals surface area (Å²) in [6.45, 7) is 13.9. The van der Waals surface area contributed by atoms with Crippen molar-refractivity contribution in [2.75, 3.05) is 25.0 Å². The molecule has 0 atom stereocenters. The molecule has 0 aliphatic carbocycles. The van der Waals surface area contributed by atoms with Gasteiger partial charge in [0.25, 0.3) is 0 Å². The van der Waals surface area contributed by atoms with Gasteiger partial charge in [-0.05, 0) is 12.3 Å². The molecule has 0 aromatic rings. The monoisotopic (exact) mass is 209 g/mol. The Morgan fingerprint density at radius 3 is 2.00 bits per heavy atom. The molecule has 1 N–H and O–H groups in total. The molecule has 84 valence electrons. The van der Waals surface area contributed by atoms with E-state index in [2.05, 4.69) is 19.2 Å². The lowest BCUT2D eigenvalue weighted by molar-refractivity contribution is 0.163. The van der Waals surface area contributed by atoms with Gasteiger partial charge in [0.05, 0.1) is 12.7 Å². The number of hydrogen-bond acceptors (Lipinski definition) is 3. The van der Waals surface area contributed by atoms with Crippen molar-refractivity contribution in [1.82, 2.24) is 5.32 Å². The van der Waals surface area contributed by atoms with Gasteiger partial charge in [0.1, 0.15) is 0 Å². The Balaban J connectivity index is -0.000000218. The molecular weight excluding hydrogens is 182 g/mol. The summed E-state index contributed by atoms with van der Waals surface area (Å²) >= 11 is 1.80. The quantitative estimate of drug-likeness (QED) is 0.535. The zero-order valence-corrected chi connectivity index (χ0v) is 11.0. The molecule has 0 spiro atoms. The molecule has 0 amide bonds. The lowest BCUT2D eigenvalue weighted by atomic mass is 10.8. The fraction of sp³-hybridized carbons (Fsp3) is 1.00. The van der Waals surface area contributed by atoms with Crippen LogP contribution < -0.4 is 5.32 Å². The van der Waals surface area contributed by atoms with Gasteiger partial charge in [0.2, 0.25) is 0 Å². The molecule has 0 aromatic carbocycles. The molecular formula is C10H27NOS. The van der Waals surface area contributed by atoms with E-state index in [1.807, 2.05) is 27.7 Å². The van der Waals surface area contributed by atoms with Crippen molar-refractivity contribution in [1.29, 1.82) is 0 Å². The maximum atomic E-state index is 5.17. The van der Waals surface area contributed by atoms with Gasteiger partial charge in [-0.15, -0.1) is 11.8 Å². The van der Waals surface area contributed by atoms with Gasteiger partial charge < -0.3 is 4.74 Å². The van der Waals surface area contributed by atoms with Crippen molar-refractivity contribution in [2.45, 2.75) is 41.5 Å². The summed E-state index contributed by atoms with van der Waals surface area (Å²) in [5.41, 5.74) is 0. The summed E-state index contributed by atoms with van der Waals surface area (Å²) in [4.78, 5) is 0. The summed E-state index contributed by atoms with van der Waals surface area (Å²) in [7, 11) is 0. The van der Waals surface area contributed by atoms with Crippen LogP contribution in [0.25, 0.3) is 0 Å². The topological polar surface area (TPSA) is 21.3 Å². The minimum Gasteiger partial charge on any atom is -0.356 e. The first kappa shape index (κ1) is 18.9. The third-order valence-electron chi connectivity index (χ3n) is 0.825. The van der Waals surface area contributed by atoms with Crippen LogP contribution in [0.5, 0.6) is 0 Å². The number of ether oxygens (including phenoxy) is 1. The second kappa shape index (κ2) is 29.5. The van der Waals surface area contributed by atoms with E-state index in [-0.39, 0.29) is 0 Å². The van der Waals surface area contributed by atoms with Gasteiger partial charge in [0, 0.05) is 0 Å². The highest BCUT2D eigenvalue weighted by atomic mass is 32.2. The molecule has 0 aliphatic rings. The molecule has 0 bridgehead atoms. The molecule has 0 rings (SSSR count). The van der Waals surface area contributed by atoms with E-state index in [1.165, 1.54) is 0 Å². The van der Waals surface area contributed by atoms with Crippen LogP contribution in [0.15, 0.2) is 0 Å². The van der Waals surface area contributed by atoms with Crippen LogP contribution in [0.1, 0.15) is 41.5 Å². The Bertz CT molecular complexity index is 48.2. The van der Waals surface area contributed by atoms with Crippen molar-refractivity contribution in [2.24, 2.45) is 0 Å². The van der Waals surface area contributed by atoms with Gasteiger partial charge in [0.15, 0.2) is 0 Å². The molecule has 2 nitrogen and oxygen atoms in total. The minimum atomic E-state index is 0.684. The third-order valence-corrected chi connectivity index (χ3v) is 1.57. The Morgan fingerprint density at radius 1 is 1.08 bits per heavy atom. The van der Waals surface area contributed by atoms with Gasteiger partial charge in [-0.2, -0.15) is 0 Å². The van der Waals surface area contributed by atoms with Crippen LogP contribution in [0, 0.1) is 0 Å². The third kappa shape index (κ3) is 32.9. The number of hydrogen-bond donors (Lipinski definition) is 1. The summed E-state index contributed by atoms with van der Waals surface area (Å²) < 4.78 is 5.17. The first-order valence-corrected chi connectivity index (χ1v) is 6.43. The van der Waals surface area contributed by atoms with Crippen molar-refractivity contribution in [3.8, 4) is 0 Å². The van der Waals surface area contributed by atoms with Crippen LogP contribution in [0.2, 0.25) is 0 Å². The average Bonchev–Trinajstić information content (AvgIpc) is 2.24. The highest BCUT2D eigenvalue weighted by molar-refractivity contribution is 7.99. The van der Waals surface area contributed by atoms with Crippen molar-refractivity contribution in [3.05, 3.63) is 0 Å². The fourth-order valence-electron chi connectivity index (χ4n) is 0.358. The van der Waals surface area contributed by atoms with Gasteiger partial charge in [-0.25, -0.2) is 0 Å². The van der Waals surface area contributed by atoms with Crippen LogP contribution in [0.3, 0.4) is 0 Å². The van der Waals surface area contributed by atoms with Crippen molar-refractivity contribution >= 4 is 11.8 Å². The maximum absolute atomic E-state index is 5.17. The second-order valence-electron chi connectivity index (χ2n) is 1.56. The lowest BCUT2D eigenvalue weighted by Gasteiger charge is -2.01. The van der Waals surface area contributed by atoms with E-state index in [4.69, 9.17) is 4.74 Å². The molecule has 0 aliphatic heterocycles. The molecule has 0 saturated heterocycles. The zero-order valence-electron chi connectivity index (χ0n) is 10.1. The van der Waals surface area contributed by atoms with Crippen molar-refractivity contribution < 1.29 is 4.74 Å². The van der Waals surface area contributed by atoms with E-state index >= 15 is 0 Å². The summed E-state index contributed by atoms with van der Waals surface area (Å²) in [6.07, 6.45) is 0. The van der Waals surface area contributed by atoms with Crippen LogP contribution in [-0.4, -0.2) is 25.0 Å². The Hall–Kier alpha value is 0.270. The Kier molecular flexibility index (Phi) is 43.0. The SMILES string of the molecule is CC.CC.CCNCOCSCC. The summed E-state index contributed by atoms with van der Waals surface area (Å²) in [5, 5.41) is 3.07. The normalized spacial score (nSPS) is 7.85. The predicted octanol–water partition coefficient (Wildman–Crippen LogP) is 3.33. The standard InChI is InChI=1S/C6H15NOS.2C2H6/c1-3-7-5-8-6-9-4-2;2*1-2/h7H,3-6H2,1-2H3;2*1-2H3. The van der Waals surface area contributed by atoms with Crippen LogP contribution >= 0.6 is 11.8 Å². The molecule has 3 heteroatoms. The zero-order chi connectivity index (χ0) is 10.9. The van der Waals surface area contributed by atoms with Crippen LogP contribution in [0.4, 0.5) is 0 Å². The second-order valence-corrected chi connectivity index (χ2v) is 2.78. The van der Waals surface area contributed by atoms with Crippen LogP contribution in [-0.2, 0) is 4.74 Å². The van der Waals surface area contributed by atoms with Gasteiger partial charge >= 0.3 is 0 Å². The first-order valence-electron chi connectivity index (χ1n) is 5.28. The molecule has 13 heavy (non-hydrogen) atoms. The molecule has 0 fully saturated rings. The summed E-state index contributed by atoms with van der Waals surface area (Å²) in [5.74, 6) is 1.94. The van der Waals surface area contributed by atoms with Gasteiger partial charge in [-0.3, -0.25) is 5.32 Å². The van der Waals surface area contributed by atoms with E-state index in [9.17, 15) is 0 Å². The molecule has 0 heterocycles. The lowest BCUT2D eigenvalue weighted by Crippen LogP contribution is -2.16. The highest BCUT2D eigenvalue weighted by Crippen LogP contribution is 1.96. The van der Waals surface area contributed by atoms with Gasteiger partial charge in [-0.1, -0.05) is 41.5 Å². The highest BCUT2D eigenvalue weighted by Gasteiger charge is 1.82. The number of thioether (sulfide) groups is 1. The van der Waals surface area contributed by atoms with E-state index in [0.29, 0.717) is 6.73 Å². The molecule has 0 aromatic heterocycles. The number of nitrogens with one attached hydrogen (secondary N) is 1. The van der Waals surface area contributed by atoms with E-state index in [1.54, 1.807) is 11.8 Å². The van der Waals surface area contributed by atoms with E-state index in [0.717, 1.165) is 18.2 Å². The fourth-order valence-corrected chi connectivity index (χ4v) is 0.726. The number of rotatable bonds is 6. The Morgan fingerprint density at radius 2 is 1.62 bits per heavy atom. The smallest absolute Gasteiger partial charge is 0.0976 e. The molecule has 0 unspecified atom stereocenters. The Labute approximate surface area is 88.8 Å². The molecule has 0 saturated carbocycles. The average molecular weight is 209 g/mol. The summed E-state index contributed by atoms with van der Waals surface area (Å²) in [6, 6.07) is 0. The molecule has 0 radical (unpaired) electrons.